The van der Waals surface area contributed by atoms with Crippen LogP contribution in [0, 0.1) is 12.7 Å². The summed E-state index contributed by atoms with van der Waals surface area (Å²) in [7, 11) is 0. The Hall–Kier alpha value is -2.57. The predicted octanol–water partition coefficient (Wildman–Crippen LogP) is 5.25. The molecule has 0 unspecified atom stereocenters. The van der Waals surface area contributed by atoms with Gasteiger partial charge in [-0.05, 0) is 56.2 Å². The number of rotatable bonds is 5. The molecule has 0 bridgehead atoms. The van der Waals surface area contributed by atoms with Crippen LogP contribution >= 0.6 is 23.2 Å². The minimum absolute atomic E-state index is 0.0396. The Kier molecular flexibility index (Phi) is 6.38. The van der Waals surface area contributed by atoms with Crippen molar-refractivity contribution in [3.05, 3.63) is 63.0 Å². The second-order valence-corrected chi connectivity index (χ2v) is 7.99. The summed E-state index contributed by atoms with van der Waals surface area (Å²) in [5.74, 6) is -2.17. The van der Waals surface area contributed by atoms with Crippen LogP contribution in [0.1, 0.15) is 41.9 Å². The summed E-state index contributed by atoms with van der Waals surface area (Å²) in [5, 5.41) is 13.3. The van der Waals surface area contributed by atoms with E-state index in [0.717, 1.165) is 6.42 Å². The van der Waals surface area contributed by atoms with E-state index in [1.165, 1.54) is 34.9 Å². The minimum Gasteiger partial charge on any atom is -0.505 e. The molecule has 5 nitrogen and oxygen atoms in total. The van der Waals surface area contributed by atoms with Crippen molar-refractivity contribution in [2.75, 3.05) is 0 Å². The van der Waals surface area contributed by atoms with Crippen molar-refractivity contribution in [1.82, 2.24) is 9.88 Å². The zero-order valence-corrected chi connectivity index (χ0v) is 18.2. The number of carbonyl (C=O) groups is 2. The number of phenols is 1. The molecule has 0 aliphatic heterocycles. The maximum atomic E-state index is 14.9. The monoisotopic (exact) mass is 450 g/mol. The van der Waals surface area contributed by atoms with Crippen molar-refractivity contribution < 1.29 is 19.1 Å². The third-order valence-electron chi connectivity index (χ3n) is 5.14. The number of hydrogen-bond donors (Lipinski definition) is 2. The van der Waals surface area contributed by atoms with Crippen molar-refractivity contribution in [2.45, 2.75) is 39.7 Å². The number of hydrogen-bond acceptors (Lipinski definition) is 3. The van der Waals surface area contributed by atoms with E-state index in [0.29, 0.717) is 16.3 Å². The molecule has 0 saturated heterocycles. The average molecular weight is 451 g/mol. The second-order valence-electron chi connectivity index (χ2n) is 7.18. The van der Waals surface area contributed by atoms with E-state index in [-0.39, 0.29) is 39.9 Å². The van der Waals surface area contributed by atoms with Crippen LogP contribution in [-0.4, -0.2) is 27.5 Å². The first-order valence-electron chi connectivity index (χ1n) is 9.46. The summed E-state index contributed by atoms with van der Waals surface area (Å²) in [4.78, 5) is 25.7. The molecule has 1 heterocycles. The van der Waals surface area contributed by atoms with E-state index in [4.69, 9.17) is 23.2 Å². The summed E-state index contributed by atoms with van der Waals surface area (Å²) in [6.45, 7) is 5.45. The van der Waals surface area contributed by atoms with Crippen molar-refractivity contribution in [1.29, 1.82) is 0 Å². The molecule has 0 spiro atoms. The molecule has 8 heteroatoms. The van der Waals surface area contributed by atoms with Crippen molar-refractivity contribution in [3.63, 3.8) is 0 Å². The number of aromatic hydroxyl groups is 1. The third kappa shape index (κ3) is 4.02. The van der Waals surface area contributed by atoms with E-state index in [1.807, 2.05) is 13.8 Å². The lowest BCUT2D eigenvalue weighted by Crippen LogP contribution is -2.33. The third-order valence-corrected chi connectivity index (χ3v) is 5.88. The van der Waals surface area contributed by atoms with Crippen LogP contribution in [0.2, 0.25) is 10.0 Å². The zero-order chi connectivity index (χ0) is 22.2. The Morgan fingerprint density at radius 1 is 1.20 bits per heavy atom. The number of amides is 1. The van der Waals surface area contributed by atoms with Crippen LogP contribution in [0.5, 0.6) is 5.75 Å². The van der Waals surface area contributed by atoms with Crippen molar-refractivity contribution >= 4 is 45.9 Å². The summed E-state index contributed by atoms with van der Waals surface area (Å²) >= 11 is 12.0. The average Bonchev–Trinajstić information content (AvgIpc) is 2.98. The Morgan fingerprint density at radius 3 is 2.53 bits per heavy atom. The molecule has 0 fully saturated rings. The number of phenolic OH excluding ortho intramolecular Hbond substituents is 1. The largest absolute Gasteiger partial charge is 0.505 e. The van der Waals surface area contributed by atoms with Gasteiger partial charge in [0.2, 0.25) is 5.91 Å². The molecule has 30 heavy (non-hydrogen) atoms. The highest BCUT2D eigenvalue weighted by Crippen LogP contribution is 2.34. The highest BCUT2D eigenvalue weighted by molar-refractivity contribution is 6.42. The number of aromatic nitrogens is 1. The van der Waals surface area contributed by atoms with Gasteiger partial charge in [0, 0.05) is 22.7 Å². The molecule has 1 amide bonds. The molecule has 0 radical (unpaired) electrons. The van der Waals surface area contributed by atoms with E-state index >= 15 is 0 Å². The summed E-state index contributed by atoms with van der Waals surface area (Å²) in [5.41, 5.74) is 1.26. The van der Waals surface area contributed by atoms with Gasteiger partial charge in [0.1, 0.15) is 0 Å². The molecular weight excluding hydrogens is 430 g/mol. The lowest BCUT2D eigenvalue weighted by Gasteiger charge is -2.12. The first-order valence-corrected chi connectivity index (χ1v) is 10.2. The van der Waals surface area contributed by atoms with E-state index in [9.17, 15) is 19.1 Å². The number of carbonyl (C=O) groups excluding carboxylic acids is 2. The number of halogens is 3. The molecule has 2 N–H and O–H groups in total. The maximum absolute atomic E-state index is 14.9. The van der Waals surface area contributed by atoms with Crippen molar-refractivity contribution in [2.24, 2.45) is 0 Å². The molecule has 2 aromatic carbocycles. The van der Waals surface area contributed by atoms with Gasteiger partial charge in [0.15, 0.2) is 11.6 Å². The maximum Gasteiger partial charge on any atom is 0.262 e. The first kappa shape index (κ1) is 22.1. The summed E-state index contributed by atoms with van der Waals surface area (Å²) in [6.07, 6.45) is 0.617. The Morgan fingerprint density at radius 2 is 1.90 bits per heavy atom. The normalized spacial score (nSPS) is 12.2. The fourth-order valence-corrected chi connectivity index (χ4v) is 3.65. The van der Waals surface area contributed by atoms with Crippen LogP contribution in [0.4, 0.5) is 4.39 Å². The fourth-order valence-electron chi connectivity index (χ4n) is 3.35. The minimum atomic E-state index is -0.873. The highest BCUT2D eigenvalue weighted by Gasteiger charge is 2.25. The first-order chi connectivity index (χ1) is 14.1. The van der Waals surface area contributed by atoms with Crippen LogP contribution in [-0.2, 0) is 11.2 Å². The molecule has 3 rings (SSSR count). The Labute approximate surface area is 183 Å². The van der Waals surface area contributed by atoms with Crippen LogP contribution in [0.15, 0.2) is 30.3 Å². The van der Waals surface area contributed by atoms with E-state index in [2.05, 4.69) is 5.32 Å². The van der Waals surface area contributed by atoms with Crippen molar-refractivity contribution in [3.8, 4) is 5.75 Å². The van der Waals surface area contributed by atoms with Gasteiger partial charge in [-0.2, -0.15) is 0 Å². The Balaban J connectivity index is 2.17. The van der Waals surface area contributed by atoms with Gasteiger partial charge in [-0.1, -0.05) is 30.1 Å². The molecular formula is C22H21Cl2FN2O3. The number of fused-ring (bicyclic) bond motifs is 1. The molecule has 0 aliphatic rings. The fraction of sp³-hybridized carbons (Fsp3) is 0.273. The number of nitrogens with one attached hydrogen (secondary N) is 1. The van der Waals surface area contributed by atoms with E-state index < -0.39 is 17.5 Å². The smallest absolute Gasteiger partial charge is 0.262 e. The van der Waals surface area contributed by atoms with Gasteiger partial charge in [-0.15, -0.1) is 0 Å². The lowest BCUT2D eigenvalue weighted by atomic mass is 10.1. The quantitative estimate of drug-likeness (QED) is 0.557. The van der Waals surface area contributed by atoms with Gasteiger partial charge in [0.25, 0.3) is 5.91 Å². The second kappa shape index (κ2) is 8.66. The molecule has 3 aromatic rings. The number of nitrogens with zero attached hydrogens (tertiary/aromatic N) is 1. The molecule has 158 valence electrons. The van der Waals surface area contributed by atoms with Crippen LogP contribution in [0.3, 0.4) is 0 Å². The summed E-state index contributed by atoms with van der Waals surface area (Å²) < 4.78 is 16.2. The molecule has 1 aromatic heterocycles. The predicted molar refractivity (Wildman–Crippen MR) is 116 cm³/mol. The molecule has 1 atom stereocenters. The number of benzene rings is 2. The van der Waals surface area contributed by atoms with Gasteiger partial charge in [-0.3, -0.25) is 14.2 Å². The van der Waals surface area contributed by atoms with Crippen LogP contribution in [0.25, 0.3) is 10.9 Å². The lowest BCUT2D eigenvalue weighted by molar-refractivity contribution is -0.121. The standard InChI is InChI=1S/C22H21Cl2FN2O3/c1-4-11(2)26-19(29)10-14-12(3)27(17-7-8-18(28)21(25)20(14)17)22(30)13-5-6-15(23)16(24)9-13/h5-9,11,28H,4,10H2,1-3H3,(H,26,29)/t11-/m0/s1. The molecule has 0 saturated carbocycles. The topological polar surface area (TPSA) is 71.3 Å². The van der Waals surface area contributed by atoms with E-state index in [1.54, 1.807) is 6.92 Å². The van der Waals surface area contributed by atoms with Gasteiger partial charge in [-0.25, -0.2) is 4.39 Å². The Bertz CT molecular complexity index is 1160. The molecule has 0 aliphatic carbocycles. The summed E-state index contributed by atoms with van der Waals surface area (Å²) in [6, 6.07) is 7.05. The highest BCUT2D eigenvalue weighted by atomic mass is 35.5. The zero-order valence-electron chi connectivity index (χ0n) is 16.7. The van der Waals surface area contributed by atoms with Gasteiger partial charge < -0.3 is 10.4 Å². The van der Waals surface area contributed by atoms with Gasteiger partial charge >= 0.3 is 0 Å². The van der Waals surface area contributed by atoms with Crippen LogP contribution < -0.4 is 5.32 Å². The SMILES string of the molecule is CC[C@H](C)NC(=O)Cc1c(C)n(C(=O)c2ccc(Cl)c(Cl)c2)c2ccc(O)c(F)c12. The van der Waals surface area contributed by atoms with Gasteiger partial charge in [0.05, 0.1) is 22.0 Å².